The third-order valence-electron chi connectivity index (χ3n) is 7.14. The van der Waals surface area contributed by atoms with Gasteiger partial charge < -0.3 is 14.8 Å². The molecule has 188 valence electrons. The second-order valence-corrected chi connectivity index (χ2v) is 9.61. The normalized spacial score (nSPS) is 17.8. The highest BCUT2D eigenvalue weighted by Gasteiger charge is 2.25. The fourth-order valence-corrected chi connectivity index (χ4v) is 4.96. The van der Waals surface area contributed by atoms with E-state index in [0.29, 0.717) is 35.4 Å². The Morgan fingerprint density at radius 2 is 1.83 bits per heavy atom. The Balaban J connectivity index is 1.56. The average Bonchev–Trinajstić information content (AvgIpc) is 3.35. The second kappa shape index (κ2) is 10.1. The summed E-state index contributed by atoms with van der Waals surface area (Å²) in [7, 11) is 3.26. The number of rotatable bonds is 7. The number of benzene rings is 2. The second-order valence-electron chi connectivity index (χ2n) is 9.61. The molecule has 36 heavy (non-hydrogen) atoms. The molecule has 2 heterocycles. The lowest BCUT2D eigenvalue weighted by Gasteiger charge is -2.23. The molecular formula is C28H32FN5O2. The summed E-state index contributed by atoms with van der Waals surface area (Å²) < 4.78 is 26.8. The van der Waals surface area contributed by atoms with E-state index >= 15 is 0 Å². The lowest BCUT2D eigenvalue weighted by Crippen LogP contribution is -2.13. The van der Waals surface area contributed by atoms with Crippen molar-refractivity contribution in [1.82, 2.24) is 19.6 Å². The van der Waals surface area contributed by atoms with E-state index in [9.17, 15) is 4.39 Å². The quantitative estimate of drug-likeness (QED) is 0.335. The van der Waals surface area contributed by atoms with E-state index in [1.165, 1.54) is 25.0 Å². The molecule has 5 rings (SSSR count). The molecule has 2 aromatic carbocycles. The number of hydrogen-bond acceptors (Lipinski definition) is 6. The van der Waals surface area contributed by atoms with Gasteiger partial charge in [-0.3, -0.25) is 0 Å². The van der Waals surface area contributed by atoms with Crippen LogP contribution in [0, 0.1) is 18.7 Å². The summed E-state index contributed by atoms with van der Waals surface area (Å²) >= 11 is 0. The number of methoxy groups -OCH3 is 2. The van der Waals surface area contributed by atoms with E-state index in [1.807, 2.05) is 31.2 Å². The van der Waals surface area contributed by atoms with Crippen LogP contribution >= 0.6 is 0 Å². The minimum Gasteiger partial charge on any atom is -0.497 e. The molecule has 8 heteroatoms. The molecule has 1 aliphatic rings. The zero-order chi connectivity index (χ0) is 25.2. The van der Waals surface area contributed by atoms with Crippen LogP contribution in [0.2, 0.25) is 0 Å². The van der Waals surface area contributed by atoms with Crippen LogP contribution < -0.4 is 14.8 Å². The SMILES string of the molecule is COc1ccc(CNc2nc(-c3cccc(F)c3)c(C)c3nc(C4CCC(C)CC4)nn23)c(OC)c1. The first-order valence-corrected chi connectivity index (χ1v) is 12.4. The van der Waals surface area contributed by atoms with Crippen molar-refractivity contribution in [2.24, 2.45) is 5.92 Å². The summed E-state index contributed by atoms with van der Waals surface area (Å²) in [6, 6.07) is 12.2. The van der Waals surface area contributed by atoms with Crippen molar-refractivity contribution >= 4 is 11.6 Å². The number of aromatic nitrogens is 4. The molecule has 0 radical (unpaired) electrons. The van der Waals surface area contributed by atoms with Crippen LogP contribution in [0.5, 0.6) is 11.5 Å². The first kappa shape index (κ1) is 24.0. The van der Waals surface area contributed by atoms with Crippen LogP contribution in [0.4, 0.5) is 10.3 Å². The van der Waals surface area contributed by atoms with Crippen LogP contribution in [-0.2, 0) is 6.54 Å². The van der Waals surface area contributed by atoms with Gasteiger partial charge in [-0.05, 0) is 49.9 Å². The summed E-state index contributed by atoms with van der Waals surface area (Å²) in [4.78, 5) is 9.88. The van der Waals surface area contributed by atoms with Crippen molar-refractivity contribution in [2.45, 2.75) is 52.0 Å². The summed E-state index contributed by atoms with van der Waals surface area (Å²) in [5.74, 6) is 3.63. The van der Waals surface area contributed by atoms with E-state index in [1.54, 1.807) is 24.8 Å². The predicted octanol–water partition coefficient (Wildman–Crippen LogP) is 6.16. The molecule has 1 saturated carbocycles. The van der Waals surface area contributed by atoms with Crippen LogP contribution in [0.25, 0.3) is 16.9 Å². The largest absolute Gasteiger partial charge is 0.497 e. The van der Waals surface area contributed by atoms with Crippen LogP contribution in [-0.4, -0.2) is 33.8 Å². The van der Waals surface area contributed by atoms with Crippen LogP contribution in [0.3, 0.4) is 0 Å². The maximum Gasteiger partial charge on any atom is 0.226 e. The first-order chi connectivity index (χ1) is 17.5. The number of anilines is 1. The van der Waals surface area contributed by atoms with Crippen LogP contribution in [0.1, 0.15) is 55.5 Å². The van der Waals surface area contributed by atoms with Gasteiger partial charge >= 0.3 is 0 Å². The highest BCUT2D eigenvalue weighted by Crippen LogP contribution is 2.35. The molecule has 0 atom stereocenters. The molecule has 1 N–H and O–H groups in total. The van der Waals surface area contributed by atoms with Gasteiger partial charge in [-0.15, -0.1) is 5.10 Å². The Morgan fingerprint density at radius 1 is 1.03 bits per heavy atom. The number of ether oxygens (including phenoxy) is 2. The molecule has 1 fully saturated rings. The van der Waals surface area contributed by atoms with Gasteiger partial charge in [0.2, 0.25) is 5.95 Å². The van der Waals surface area contributed by atoms with Gasteiger partial charge in [0.1, 0.15) is 17.3 Å². The summed E-state index contributed by atoms with van der Waals surface area (Å²) in [5.41, 5.74) is 3.94. The topological polar surface area (TPSA) is 73.6 Å². The molecule has 0 aliphatic heterocycles. The van der Waals surface area contributed by atoms with Crippen molar-refractivity contribution in [1.29, 1.82) is 0 Å². The lowest BCUT2D eigenvalue weighted by molar-refractivity contribution is 0.340. The fourth-order valence-electron chi connectivity index (χ4n) is 4.96. The summed E-state index contributed by atoms with van der Waals surface area (Å²) in [6.45, 7) is 4.74. The van der Waals surface area contributed by atoms with Gasteiger partial charge in [-0.1, -0.05) is 31.9 Å². The van der Waals surface area contributed by atoms with Gasteiger partial charge in [0.25, 0.3) is 0 Å². The van der Waals surface area contributed by atoms with Gasteiger partial charge in [-0.2, -0.15) is 4.52 Å². The minimum atomic E-state index is -0.301. The lowest BCUT2D eigenvalue weighted by atomic mass is 9.83. The van der Waals surface area contributed by atoms with Gasteiger partial charge in [0, 0.05) is 35.2 Å². The number of hydrogen-bond donors (Lipinski definition) is 1. The zero-order valence-corrected chi connectivity index (χ0v) is 21.2. The number of fused-ring (bicyclic) bond motifs is 1. The van der Waals surface area contributed by atoms with Crippen molar-refractivity contribution in [3.8, 4) is 22.8 Å². The average molecular weight is 490 g/mol. The van der Waals surface area contributed by atoms with Gasteiger partial charge in [0.05, 0.1) is 19.9 Å². The fraction of sp³-hybridized carbons (Fsp3) is 0.393. The first-order valence-electron chi connectivity index (χ1n) is 12.4. The molecule has 0 bridgehead atoms. The molecule has 7 nitrogen and oxygen atoms in total. The number of nitrogens with zero attached hydrogens (tertiary/aromatic N) is 4. The number of nitrogens with one attached hydrogen (secondary N) is 1. The molecule has 4 aromatic rings. The van der Waals surface area contributed by atoms with Crippen molar-refractivity contribution in [2.75, 3.05) is 19.5 Å². The Bertz CT molecular complexity index is 1380. The molecular weight excluding hydrogens is 457 g/mol. The molecule has 0 amide bonds. The van der Waals surface area contributed by atoms with Crippen molar-refractivity contribution < 1.29 is 13.9 Å². The van der Waals surface area contributed by atoms with Crippen molar-refractivity contribution in [3.05, 3.63) is 65.2 Å². The smallest absolute Gasteiger partial charge is 0.226 e. The zero-order valence-electron chi connectivity index (χ0n) is 21.2. The highest BCUT2D eigenvalue weighted by atomic mass is 19.1. The Labute approximate surface area is 210 Å². The van der Waals surface area contributed by atoms with E-state index < -0.39 is 0 Å². The minimum absolute atomic E-state index is 0.301. The van der Waals surface area contributed by atoms with E-state index in [2.05, 4.69) is 12.2 Å². The Morgan fingerprint density at radius 3 is 2.56 bits per heavy atom. The van der Waals surface area contributed by atoms with Crippen molar-refractivity contribution in [3.63, 3.8) is 0 Å². The monoisotopic (exact) mass is 489 g/mol. The Hall–Kier alpha value is -3.68. The van der Waals surface area contributed by atoms with Gasteiger partial charge in [-0.25, -0.2) is 14.4 Å². The maximum absolute atomic E-state index is 14.1. The summed E-state index contributed by atoms with van der Waals surface area (Å²) in [5, 5.41) is 8.34. The highest BCUT2D eigenvalue weighted by molar-refractivity contribution is 5.71. The predicted molar refractivity (Wildman–Crippen MR) is 138 cm³/mol. The van der Waals surface area contributed by atoms with E-state index in [-0.39, 0.29) is 5.82 Å². The summed E-state index contributed by atoms with van der Waals surface area (Å²) in [6.07, 6.45) is 4.56. The Kier molecular flexibility index (Phi) is 6.76. The molecule has 2 aromatic heterocycles. The molecule has 0 saturated heterocycles. The van der Waals surface area contributed by atoms with Crippen LogP contribution in [0.15, 0.2) is 42.5 Å². The molecule has 1 aliphatic carbocycles. The van der Waals surface area contributed by atoms with E-state index in [4.69, 9.17) is 24.5 Å². The third-order valence-corrected chi connectivity index (χ3v) is 7.14. The molecule has 0 unspecified atom stereocenters. The number of halogens is 1. The number of aryl methyl sites for hydroxylation is 1. The molecule has 0 spiro atoms. The van der Waals surface area contributed by atoms with E-state index in [0.717, 1.165) is 47.1 Å². The maximum atomic E-state index is 14.1. The third kappa shape index (κ3) is 4.72. The van der Waals surface area contributed by atoms with Gasteiger partial charge in [0.15, 0.2) is 11.5 Å². The standard InChI is InChI=1S/C28H32FN5O2/c1-17-8-10-19(11-9-17)26-32-27-18(2)25(20-6-5-7-22(29)14-20)31-28(34(27)33-26)30-16-21-12-13-23(35-3)15-24(21)36-4/h5-7,12-15,17,19H,8-11,16H2,1-4H3,(H,30,31).